The number of carbonyl (C=O) groups is 1. The minimum Gasteiger partial charge on any atom is -0.463 e. The maximum absolute atomic E-state index is 12.1. The Morgan fingerprint density at radius 1 is 0.967 bits per heavy atom. The van der Waals surface area contributed by atoms with E-state index in [0.717, 1.165) is 0 Å². The van der Waals surface area contributed by atoms with Crippen LogP contribution in [0.5, 0.6) is 0 Å². The first-order valence-corrected chi connectivity index (χ1v) is 17.0. The molecule has 1 N–H and O–H groups in total. The van der Waals surface area contributed by atoms with Gasteiger partial charge in [-0.3, -0.25) is 0 Å². The lowest BCUT2D eigenvalue weighted by Gasteiger charge is -2.41. The van der Waals surface area contributed by atoms with Gasteiger partial charge in [0.25, 0.3) is 0 Å². The Morgan fingerprint density at radius 2 is 1.40 bits per heavy atom. The van der Waals surface area contributed by atoms with Crippen LogP contribution in [0.4, 0.5) is 0 Å². The van der Waals surface area contributed by atoms with Crippen molar-refractivity contribution in [3.05, 3.63) is 11.6 Å². The molecule has 0 aliphatic carbocycles. The number of hydrogen-bond donors (Lipinski definition) is 1. The number of rotatable bonds is 10. The summed E-state index contributed by atoms with van der Waals surface area (Å²) in [6.45, 7) is 27.6. The lowest BCUT2D eigenvalue weighted by molar-refractivity contribution is -0.138. The van der Waals surface area contributed by atoms with Crippen LogP contribution in [0.25, 0.3) is 0 Å². The summed E-state index contributed by atoms with van der Waals surface area (Å²) in [5.74, 6) is -0.376. The van der Waals surface area contributed by atoms with Crippen LogP contribution in [0.2, 0.25) is 36.3 Å². The molecule has 0 saturated heterocycles. The molecule has 0 aromatic heterocycles. The minimum atomic E-state index is -2.17. The van der Waals surface area contributed by atoms with Gasteiger partial charge in [-0.2, -0.15) is 0 Å². The molecule has 3 atom stereocenters. The van der Waals surface area contributed by atoms with Gasteiger partial charge >= 0.3 is 5.97 Å². The van der Waals surface area contributed by atoms with E-state index < -0.39 is 28.8 Å². The average Bonchev–Trinajstić information content (AvgIpc) is 2.51. The van der Waals surface area contributed by atoms with E-state index in [9.17, 15) is 9.90 Å². The summed E-state index contributed by atoms with van der Waals surface area (Å²) in [6.07, 6.45) is 0.701. The third kappa shape index (κ3) is 8.95. The lowest BCUT2D eigenvalue weighted by Crippen LogP contribution is -2.48. The van der Waals surface area contributed by atoms with Crippen molar-refractivity contribution in [2.45, 2.75) is 123 Å². The summed E-state index contributed by atoms with van der Waals surface area (Å²) < 4.78 is 18.1. The predicted molar refractivity (Wildman–Crippen MR) is 131 cm³/mol. The highest BCUT2D eigenvalue weighted by molar-refractivity contribution is 6.74. The fourth-order valence-electron chi connectivity index (χ4n) is 2.50. The normalized spacial score (nSPS) is 17.5. The van der Waals surface area contributed by atoms with Gasteiger partial charge in [-0.25, -0.2) is 4.79 Å². The fourth-order valence-corrected chi connectivity index (χ4v) is 5.22. The van der Waals surface area contributed by atoms with E-state index in [4.69, 9.17) is 13.6 Å². The Labute approximate surface area is 187 Å². The van der Waals surface area contributed by atoms with Crippen molar-refractivity contribution < 1.29 is 23.5 Å². The van der Waals surface area contributed by atoms with E-state index in [-0.39, 0.29) is 22.1 Å². The Balaban J connectivity index is 5.64. The molecule has 0 radical (unpaired) electrons. The minimum absolute atomic E-state index is 0.0140. The van der Waals surface area contributed by atoms with Crippen LogP contribution in [0.15, 0.2) is 11.6 Å². The smallest absolute Gasteiger partial charge is 0.333 e. The van der Waals surface area contributed by atoms with Gasteiger partial charge in [-0.15, -0.1) is 0 Å². The largest absolute Gasteiger partial charge is 0.463 e. The van der Waals surface area contributed by atoms with Crippen LogP contribution in [0.1, 0.15) is 68.7 Å². The maximum Gasteiger partial charge on any atom is 0.333 e. The second-order valence-corrected chi connectivity index (χ2v) is 20.9. The van der Waals surface area contributed by atoms with Crippen LogP contribution in [0, 0.1) is 0 Å². The zero-order valence-corrected chi connectivity index (χ0v) is 23.8. The summed E-state index contributed by atoms with van der Waals surface area (Å²) in [4.78, 5) is 12.1. The second-order valence-electron chi connectivity index (χ2n) is 11.4. The molecule has 0 spiro atoms. The first kappa shape index (κ1) is 29.5. The van der Waals surface area contributed by atoms with Crippen LogP contribution in [-0.4, -0.2) is 52.6 Å². The Kier molecular flexibility index (Phi) is 10.7. The molecular weight excluding hydrogens is 412 g/mol. The van der Waals surface area contributed by atoms with Crippen LogP contribution >= 0.6 is 0 Å². The predicted octanol–water partition coefficient (Wildman–Crippen LogP) is 6.05. The lowest BCUT2D eigenvalue weighted by atomic mass is 10.1. The molecule has 30 heavy (non-hydrogen) atoms. The zero-order valence-electron chi connectivity index (χ0n) is 21.8. The summed E-state index contributed by atoms with van der Waals surface area (Å²) in [7, 11) is -4.11. The van der Waals surface area contributed by atoms with E-state index in [1.54, 1.807) is 19.9 Å². The standard InChI is InChI=1S/C23H48O5Si2/c1-14-26-21(25)17(2)15-20(28-30(12,13)23(7,8)9)19(24)16-18(3)27-29(10,11)22(4,5)6/h15,18-20,24H,14,16H2,1-13H3/b17-15+/t18-,19-,20-/m1/s1. The van der Waals surface area contributed by atoms with E-state index in [1.807, 2.05) is 6.92 Å². The number of aliphatic hydroxyl groups excluding tert-OH is 1. The van der Waals surface area contributed by atoms with Crippen molar-refractivity contribution in [1.82, 2.24) is 0 Å². The van der Waals surface area contributed by atoms with Gasteiger partial charge in [0.1, 0.15) is 0 Å². The number of esters is 1. The van der Waals surface area contributed by atoms with Crippen molar-refractivity contribution in [2.75, 3.05) is 6.61 Å². The van der Waals surface area contributed by atoms with Gasteiger partial charge in [0.2, 0.25) is 0 Å². The second kappa shape index (κ2) is 10.9. The van der Waals surface area contributed by atoms with E-state index in [1.165, 1.54) is 0 Å². The van der Waals surface area contributed by atoms with Crippen molar-refractivity contribution in [1.29, 1.82) is 0 Å². The molecule has 0 amide bonds. The molecule has 0 aliphatic rings. The topological polar surface area (TPSA) is 65.0 Å². The van der Waals surface area contributed by atoms with E-state index in [2.05, 4.69) is 67.7 Å². The third-order valence-corrected chi connectivity index (χ3v) is 15.6. The van der Waals surface area contributed by atoms with Gasteiger partial charge in [-0.1, -0.05) is 41.5 Å². The van der Waals surface area contributed by atoms with Crippen molar-refractivity contribution in [3.8, 4) is 0 Å². The molecule has 178 valence electrons. The Morgan fingerprint density at radius 3 is 1.80 bits per heavy atom. The highest BCUT2D eigenvalue weighted by Gasteiger charge is 2.42. The highest BCUT2D eigenvalue weighted by Crippen LogP contribution is 2.39. The summed E-state index contributed by atoms with van der Waals surface area (Å²) in [5, 5.41) is 11.2. The highest BCUT2D eigenvalue weighted by atomic mass is 28.4. The number of carbonyl (C=O) groups excluding carboxylic acids is 1. The van der Waals surface area contributed by atoms with E-state index in [0.29, 0.717) is 18.6 Å². The van der Waals surface area contributed by atoms with E-state index >= 15 is 0 Å². The Bertz CT molecular complexity index is 585. The fraction of sp³-hybridized carbons (Fsp3) is 0.870. The molecular formula is C23H48O5Si2. The van der Waals surface area contributed by atoms with Gasteiger partial charge in [0.05, 0.1) is 18.8 Å². The Hall–Kier alpha value is -0.476. The molecule has 0 unspecified atom stereocenters. The van der Waals surface area contributed by atoms with Crippen molar-refractivity contribution >= 4 is 22.6 Å². The van der Waals surface area contributed by atoms with Crippen molar-refractivity contribution in [3.63, 3.8) is 0 Å². The summed E-state index contributed by atoms with van der Waals surface area (Å²) >= 11 is 0. The average molecular weight is 461 g/mol. The molecule has 0 aromatic rings. The molecule has 0 rings (SSSR count). The monoisotopic (exact) mass is 460 g/mol. The van der Waals surface area contributed by atoms with Gasteiger partial charge in [0.15, 0.2) is 16.6 Å². The maximum atomic E-state index is 12.1. The first-order valence-electron chi connectivity index (χ1n) is 11.1. The molecule has 0 aromatic carbocycles. The van der Waals surface area contributed by atoms with Crippen LogP contribution in [0.3, 0.4) is 0 Å². The molecule has 0 bridgehead atoms. The molecule has 0 saturated carbocycles. The molecule has 0 fully saturated rings. The third-order valence-electron chi connectivity index (χ3n) is 6.50. The first-order chi connectivity index (χ1) is 13.2. The van der Waals surface area contributed by atoms with Crippen LogP contribution in [-0.2, 0) is 18.4 Å². The van der Waals surface area contributed by atoms with Gasteiger partial charge in [-0.05, 0) is 63.1 Å². The van der Waals surface area contributed by atoms with Crippen molar-refractivity contribution in [2.24, 2.45) is 0 Å². The number of hydrogen-bond acceptors (Lipinski definition) is 5. The zero-order chi connectivity index (χ0) is 24.1. The van der Waals surface area contributed by atoms with Crippen LogP contribution < -0.4 is 0 Å². The molecule has 0 heterocycles. The summed E-state index contributed by atoms with van der Waals surface area (Å²) in [5.41, 5.74) is 0.456. The van der Waals surface area contributed by atoms with Gasteiger partial charge in [0, 0.05) is 18.1 Å². The number of ether oxygens (including phenoxy) is 1. The SMILES string of the molecule is CCOC(=O)/C(C)=C/[C@@H](O[Si](C)(C)C(C)(C)C)[C@H](O)C[C@@H](C)O[Si](C)(C)C(C)(C)C. The molecule has 5 nitrogen and oxygen atoms in total. The number of aliphatic hydroxyl groups is 1. The quantitative estimate of drug-likeness (QED) is 0.244. The summed E-state index contributed by atoms with van der Waals surface area (Å²) in [6, 6.07) is 0. The molecule has 0 aliphatic heterocycles. The van der Waals surface area contributed by atoms with Gasteiger partial charge < -0.3 is 18.7 Å². The molecule has 7 heteroatoms.